The quantitative estimate of drug-likeness (QED) is 0.224. The highest BCUT2D eigenvalue weighted by Gasteiger charge is 2.39. The third-order valence-electron chi connectivity index (χ3n) is 5.35. The number of hydrogen-bond donors (Lipinski definition) is 3. The molecule has 0 aromatic carbocycles. The van der Waals surface area contributed by atoms with Crippen LogP contribution in [0, 0.1) is 5.41 Å². The van der Waals surface area contributed by atoms with Crippen molar-refractivity contribution in [2.45, 2.75) is 70.4 Å². The normalized spacial score (nSPS) is 15.7. The Morgan fingerprint density at radius 2 is 1.75 bits per heavy atom. The molecule has 3 N–H and O–H groups in total. The van der Waals surface area contributed by atoms with Crippen molar-refractivity contribution in [3.8, 4) is 0 Å². The molecule has 0 fully saturated rings. The van der Waals surface area contributed by atoms with Gasteiger partial charge in [0.1, 0.15) is 11.9 Å². The van der Waals surface area contributed by atoms with Gasteiger partial charge < -0.3 is 20.3 Å². The highest BCUT2D eigenvalue weighted by molar-refractivity contribution is 5.91. The molecule has 1 aromatic rings. The predicted molar refractivity (Wildman–Crippen MR) is 118 cm³/mol. The van der Waals surface area contributed by atoms with E-state index in [2.05, 4.69) is 15.3 Å². The highest BCUT2D eigenvalue weighted by atomic mass is 19.1. The fourth-order valence-corrected chi connectivity index (χ4v) is 3.21. The summed E-state index contributed by atoms with van der Waals surface area (Å²) in [4.78, 5) is 33.4. The van der Waals surface area contributed by atoms with Crippen LogP contribution in [0.3, 0.4) is 0 Å². The molecular weight excluding hydrogens is 417 g/mol. The minimum Gasteiger partial charge on any atom is -0.467 e. The van der Waals surface area contributed by atoms with Crippen molar-refractivity contribution >= 4 is 11.9 Å². The van der Waals surface area contributed by atoms with Crippen molar-refractivity contribution in [3.05, 3.63) is 36.4 Å². The van der Waals surface area contributed by atoms with Crippen LogP contribution in [-0.4, -0.2) is 63.6 Å². The molecule has 0 aliphatic heterocycles. The van der Waals surface area contributed by atoms with Gasteiger partial charge in [-0.15, -0.1) is 0 Å². The average molecular weight is 454 g/mol. The van der Waals surface area contributed by atoms with Crippen molar-refractivity contribution in [2.75, 3.05) is 20.4 Å². The number of nitrogens with one attached hydrogen (secondary N) is 1. The zero-order valence-corrected chi connectivity index (χ0v) is 19.4. The number of alkyl halides is 1. The maximum atomic E-state index is 13.0. The molecular formula is C23H36FN3O5. The van der Waals surface area contributed by atoms with Gasteiger partial charge in [0.05, 0.1) is 20.4 Å². The Labute approximate surface area is 189 Å². The smallest absolute Gasteiger partial charge is 0.335 e. The first kappa shape index (κ1) is 27.6. The second-order valence-electron chi connectivity index (χ2n) is 8.90. The van der Waals surface area contributed by atoms with Crippen molar-refractivity contribution in [1.29, 1.82) is 0 Å². The summed E-state index contributed by atoms with van der Waals surface area (Å²) in [6.07, 6.45) is 10.3. The molecule has 0 aliphatic carbocycles. The lowest BCUT2D eigenvalue weighted by atomic mass is 9.84. The van der Waals surface area contributed by atoms with E-state index >= 15 is 0 Å². The van der Waals surface area contributed by atoms with E-state index in [4.69, 9.17) is 4.74 Å². The molecule has 32 heavy (non-hydrogen) atoms. The van der Waals surface area contributed by atoms with Gasteiger partial charge in [0.15, 0.2) is 5.54 Å². The van der Waals surface area contributed by atoms with E-state index in [1.165, 1.54) is 32.5 Å². The number of aromatic nitrogens is 2. The van der Waals surface area contributed by atoms with E-state index < -0.39 is 35.0 Å². The number of unbranched alkanes of at least 4 members (excludes halogenated alkanes) is 3. The third-order valence-corrected chi connectivity index (χ3v) is 5.35. The van der Waals surface area contributed by atoms with Gasteiger partial charge in [0.2, 0.25) is 5.91 Å². The van der Waals surface area contributed by atoms with Crippen molar-refractivity contribution in [3.63, 3.8) is 0 Å². The van der Waals surface area contributed by atoms with E-state index in [9.17, 15) is 24.2 Å². The minimum atomic E-state index is -1.58. The van der Waals surface area contributed by atoms with Gasteiger partial charge >= 0.3 is 5.97 Å². The topological polar surface area (TPSA) is 122 Å². The van der Waals surface area contributed by atoms with E-state index in [1.54, 1.807) is 26.2 Å². The Bertz CT molecular complexity index is 759. The highest BCUT2D eigenvalue weighted by Crippen LogP contribution is 2.25. The molecule has 0 spiro atoms. The largest absolute Gasteiger partial charge is 0.467 e. The maximum absolute atomic E-state index is 13.0. The SMILES string of the molecule is COC(=O)[C@](C)(C=CC(O)(CO)CCCCCCF)NC(=O)C(C)(C)Cc1cncnc1. The van der Waals surface area contributed by atoms with Gasteiger partial charge in [-0.2, -0.15) is 0 Å². The molecule has 0 saturated carbocycles. The van der Waals surface area contributed by atoms with Crippen LogP contribution in [0.15, 0.2) is 30.9 Å². The number of esters is 1. The molecule has 2 atom stereocenters. The molecule has 1 heterocycles. The van der Waals surface area contributed by atoms with Crippen LogP contribution < -0.4 is 5.32 Å². The average Bonchev–Trinajstić information content (AvgIpc) is 2.77. The molecule has 1 aromatic heterocycles. The van der Waals surface area contributed by atoms with Gasteiger partial charge in [-0.25, -0.2) is 14.8 Å². The van der Waals surface area contributed by atoms with Crippen molar-refractivity contribution in [1.82, 2.24) is 15.3 Å². The van der Waals surface area contributed by atoms with Gasteiger partial charge in [-0.1, -0.05) is 39.2 Å². The predicted octanol–water partition coefficient (Wildman–Crippen LogP) is 2.29. The molecule has 0 aliphatic rings. The Morgan fingerprint density at radius 1 is 1.12 bits per heavy atom. The number of rotatable bonds is 14. The number of carbonyl (C=O) groups is 2. The van der Waals surface area contributed by atoms with Crippen LogP contribution in [-0.2, 0) is 20.7 Å². The van der Waals surface area contributed by atoms with Crippen LogP contribution in [0.25, 0.3) is 0 Å². The number of halogens is 1. The molecule has 9 heteroatoms. The molecule has 0 saturated heterocycles. The third kappa shape index (κ3) is 8.63. The molecule has 1 amide bonds. The monoisotopic (exact) mass is 453 g/mol. The fraction of sp³-hybridized carbons (Fsp3) is 0.652. The Hall–Kier alpha value is -2.39. The van der Waals surface area contributed by atoms with Gasteiger partial charge in [0.25, 0.3) is 0 Å². The van der Waals surface area contributed by atoms with Crippen LogP contribution in [0.2, 0.25) is 0 Å². The van der Waals surface area contributed by atoms with Gasteiger partial charge in [0, 0.05) is 17.8 Å². The molecule has 180 valence electrons. The first-order valence-electron chi connectivity index (χ1n) is 10.8. The number of carbonyl (C=O) groups excluding carboxylic acids is 2. The lowest BCUT2D eigenvalue weighted by Gasteiger charge is -2.32. The van der Waals surface area contributed by atoms with E-state index in [1.807, 2.05) is 0 Å². The zero-order chi connectivity index (χ0) is 24.3. The Kier molecular flexibility index (Phi) is 10.9. The number of hydrogen-bond acceptors (Lipinski definition) is 7. The second kappa shape index (κ2) is 12.6. The van der Waals surface area contributed by atoms with Crippen LogP contribution in [0.5, 0.6) is 0 Å². The number of aliphatic hydroxyl groups is 2. The number of nitrogens with zero attached hydrogens (tertiary/aromatic N) is 2. The van der Waals surface area contributed by atoms with Gasteiger partial charge in [-0.3, -0.25) is 9.18 Å². The van der Waals surface area contributed by atoms with E-state index in [-0.39, 0.29) is 13.1 Å². The number of ether oxygens (including phenoxy) is 1. The summed E-state index contributed by atoms with van der Waals surface area (Å²) in [6, 6.07) is 0. The Morgan fingerprint density at radius 3 is 2.31 bits per heavy atom. The van der Waals surface area contributed by atoms with E-state index in [0.29, 0.717) is 32.1 Å². The Balaban J connectivity index is 2.96. The molecule has 0 radical (unpaired) electrons. The van der Waals surface area contributed by atoms with Crippen LogP contribution >= 0.6 is 0 Å². The minimum absolute atomic E-state index is 0.233. The molecule has 0 bridgehead atoms. The fourth-order valence-electron chi connectivity index (χ4n) is 3.21. The molecule has 1 unspecified atom stereocenters. The first-order chi connectivity index (χ1) is 15.0. The summed E-state index contributed by atoms with van der Waals surface area (Å²) in [5, 5.41) is 23.1. The van der Waals surface area contributed by atoms with Crippen LogP contribution in [0.1, 0.15) is 58.4 Å². The standard InChI is InChI=1S/C23H36FN3O5/c1-21(2,13-18-14-25-17-26-15-18)19(29)27-22(3,20(30)32-4)10-11-23(31,16-28)9-7-5-6-8-12-24/h10-11,14-15,17,28,31H,5-9,12-13,16H2,1-4H3,(H,27,29)/t22-,23?/m0/s1. The first-order valence-corrected chi connectivity index (χ1v) is 10.8. The van der Waals surface area contributed by atoms with E-state index in [0.717, 1.165) is 5.56 Å². The second-order valence-corrected chi connectivity index (χ2v) is 8.90. The zero-order valence-electron chi connectivity index (χ0n) is 19.4. The summed E-state index contributed by atoms with van der Waals surface area (Å²) >= 11 is 0. The maximum Gasteiger partial charge on any atom is 0.335 e. The molecule has 1 rings (SSSR count). The lowest BCUT2D eigenvalue weighted by Crippen LogP contribution is -2.55. The lowest BCUT2D eigenvalue weighted by molar-refractivity contribution is -0.149. The number of amides is 1. The molecule has 8 nitrogen and oxygen atoms in total. The number of aliphatic hydroxyl groups excluding tert-OH is 1. The van der Waals surface area contributed by atoms with Gasteiger partial charge in [-0.05, 0) is 37.8 Å². The van der Waals surface area contributed by atoms with Crippen LogP contribution in [0.4, 0.5) is 4.39 Å². The van der Waals surface area contributed by atoms with Crippen molar-refractivity contribution in [2.24, 2.45) is 5.41 Å². The summed E-state index contributed by atoms with van der Waals surface area (Å²) in [5.74, 6) is -1.12. The summed E-state index contributed by atoms with van der Waals surface area (Å²) in [6.45, 7) is 4.00. The summed E-state index contributed by atoms with van der Waals surface area (Å²) in [5.41, 5.74) is -3.26. The van der Waals surface area contributed by atoms with Crippen molar-refractivity contribution < 1.29 is 28.9 Å². The summed E-state index contributed by atoms with van der Waals surface area (Å²) < 4.78 is 17.1. The summed E-state index contributed by atoms with van der Waals surface area (Å²) in [7, 11) is 1.20. The number of methoxy groups -OCH3 is 1.